The number of ether oxygens (including phenoxy) is 1. The van der Waals surface area contributed by atoms with E-state index < -0.39 is 0 Å². The summed E-state index contributed by atoms with van der Waals surface area (Å²) in [6, 6.07) is 8.09. The summed E-state index contributed by atoms with van der Waals surface area (Å²) in [5.41, 5.74) is 1.22. The van der Waals surface area contributed by atoms with Crippen LogP contribution in [0, 0.1) is 6.92 Å². The Labute approximate surface area is 111 Å². The van der Waals surface area contributed by atoms with Crippen molar-refractivity contribution >= 4 is 24.0 Å². The predicted molar refractivity (Wildman–Crippen MR) is 75.2 cm³/mol. The molecule has 0 aliphatic carbocycles. The van der Waals surface area contributed by atoms with Crippen molar-refractivity contribution in [2.24, 2.45) is 0 Å². The zero-order chi connectivity index (χ0) is 12.1. The standard InChI is InChI=1S/C13H15NOS2/c1-10-3-2-4-11(7-10)15-6-5-13-14-8-12(9-16)17-13/h2-4,7-8,16H,5-6,9H2,1H3. The molecule has 0 aliphatic heterocycles. The summed E-state index contributed by atoms with van der Waals surface area (Å²) >= 11 is 5.93. The number of rotatable bonds is 5. The second-order valence-electron chi connectivity index (χ2n) is 3.79. The molecule has 0 saturated carbocycles. The average molecular weight is 265 g/mol. The van der Waals surface area contributed by atoms with Crippen molar-refractivity contribution in [1.29, 1.82) is 0 Å². The smallest absolute Gasteiger partial charge is 0.119 e. The zero-order valence-electron chi connectivity index (χ0n) is 9.72. The molecule has 0 N–H and O–H groups in total. The fraction of sp³-hybridized carbons (Fsp3) is 0.308. The van der Waals surface area contributed by atoms with Gasteiger partial charge >= 0.3 is 0 Å². The van der Waals surface area contributed by atoms with Crippen molar-refractivity contribution in [2.75, 3.05) is 6.61 Å². The molecular weight excluding hydrogens is 250 g/mol. The SMILES string of the molecule is Cc1cccc(OCCc2ncc(CS)s2)c1. The lowest BCUT2D eigenvalue weighted by Crippen LogP contribution is -2.00. The van der Waals surface area contributed by atoms with E-state index in [1.165, 1.54) is 10.4 Å². The molecule has 17 heavy (non-hydrogen) atoms. The number of aryl methyl sites for hydroxylation is 1. The van der Waals surface area contributed by atoms with Crippen LogP contribution in [0.2, 0.25) is 0 Å². The molecule has 0 unspecified atom stereocenters. The van der Waals surface area contributed by atoms with E-state index >= 15 is 0 Å². The van der Waals surface area contributed by atoms with E-state index in [-0.39, 0.29) is 0 Å². The van der Waals surface area contributed by atoms with Gasteiger partial charge in [0.1, 0.15) is 5.75 Å². The fourth-order valence-electron chi connectivity index (χ4n) is 1.50. The van der Waals surface area contributed by atoms with Crippen LogP contribution in [-0.4, -0.2) is 11.6 Å². The first-order chi connectivity index (χ1) is 8.28. The fourth-order valence-corrected chi connectivity index (χ4v) is 2.54. The Morgan fingerprint density at radius 3 is 3.00 bits per heavy atom. The van der Waals surface area contributed by atoms with Crippen LogP contribution in [0.5, 0.6) is 5.75 Å². The number of aromatic nitrogens is 1. The van der Waals surface area contributed by atoms with Gasteiger partial charge in [0, 0.05) is 23.2 Å². The lowest BCUT2D eigenvalue weighted by Gasteiger charge is -2.05. The highest BCUT2D eigenvalue weighted by Crippen LogP contribution is 2.16. The van der Waals surface area contributed by atoms with Gasteiger partial charge in [-0.05, 0) is 24.6 Å². The Morgan fingerprint density at radius 2 is 2.29 bits per heavy atom. The molecule has 2 aromatic rings. The van der Waals surface area contributed by atoms with Gasteiger partial charge in [0.05, 0.1) is 11.6 Å². The summed E-state index contributed by atoms with van der Waals surface area (Å²) in [4.78, 5) is 5.53. The summed E-state index contributed by atoms with van der Waals surface area (Å²) in [7, 11) is 0. The number of thiazole rings is 1. The third-order valence-electron chi connectivity index (χ3n) is 2.33. The summed E-state index contributed by atoms with van der Waals surface area (Å²) in [6.45, 7) is 2.73. The van der Waals surface area contributed by atoms with Gasteiger partial charge in [-0.2, -0.15) is 12.6 Å². The minimum Gasteiger partial charge on any atom is -0.493 e. The molecule has 0 aliphatic rings. The van der Waals surface area contributed by atoms with Crippen molar-refractivity contribution in [3.8, 4) is 5.75 Å². The van der Waals surface area contributed by atoms with E-state index in [1.54, 1.807) is 11.3 Å². The lowest BCUT2D eigenvalue weighted by molar-refractivity contribution is 0.321. The topological polar surface area (TPSA) is 22.1 Å². The van der Waals surface area contributed by atoms with Gasteiger partial charge in [-0.3, -0.25) is 0 Å². The van der Waals surface area contributed by atoms with Crippen LogP contribution >= 0.6 is 24.0 Å². The van der Waals surface area contributed by atoms with Crippen molar-refractivity contribution in [2.45, 2.75) is 19.1 Å². The Bertz CT molecular complexity index is 482. The summed E-state index contributed by atoms with van der Waals surface area (Å²) < 4.78 is 5.68. The maximum Gasteiger partial charge on any atom is 0.119 e. The highest BCUT2D eigenvalue weighted by molar-refractivity contribution is 7.79. The third kappa shape index (κ3) is 3.75. The van der Waals surface area contributed by atoms with E-state index in [2.05, 4.69) is 30.6 Å². The minimum atomic E-state index is 0.670. The summed E-state index contributed by atoms with van der Waals surface area (Å²) in [6.07, 6.45) is 2.74. The summed E-state index contributed by atoms with van der Waals surface area (Å²) in [5, 5.41) is 1.11. The van der Waals surface area contributed by atoms with E-state index in [0.717, 1.165) is 22.9 Å². The molecular formula is C13H15NOS2. The van der Waals surface area contributed by atoms with E-state index in [9.17, 15) is 0 Å². The monoisotopic (exact) mass is 265 g/mol. The van der Waals surface area contributed by atoms with Crippen LogP contribution in [0.15, 0.2) is 30.5 Å². The quantitative estimate of drug-likeness (QED) is 0.836. The number of hydrogen-bond donors (Lipinski definition) is 1. The molecule has 0 atom stereocenters. The molecule has 0 amide bonds. The Hall–Kier alpha value is -1.000. The predicted octanol–water partition coefficient (Wildman–Crippen LogP) is 3.50. The van der Waals surface area contributed by atoms with Gasteiger partial charge in [-0.1, -0.05) is 12.1 Å². The molecule has 1 heterocycles. The van der Waals surface area contributed by atoms with Crippen LogP contribution in [0.1, 0.15) is 15.4 Å². The highest BCUT2D eigenvalue weighted by atomic mass is 32.1. The van der Waals surface area contributed by atoms with Crippen LogP contribution in [0.4, 0.5) is 0 Å². The van der Waals surface area contributed by atoms with Crippen molar-refractivity contribution < 1.29 is 4.74 Å². The molecule has 1 aromatic carbocycles. The van der Waals surface area contributed by atoms with Crippen LogP contribution < -0.4 is 4.74 Å². The van der Waals surface area contributed by atoms with Crippen molar-refractivity contribution in [3.05, 3.63) is 45.9 Å². The Balaban J connectivity index is 1.83. The van der Waals surface area contributed by atoms with Gasteiger partial charge in [0.15, 0.2) is 0 Å². The molecule has 90 valence electrons. The zero-order valence-corrected chi connectivity index (χ0v) is 11.4. The van der Waals surface area contributed by atoms with Gasteiger partial charge in [0.25, 0.3) is 0 Å². The van der Waals surface area contributed by atoms with Gasteiger partial charge in [-0.25, -0.2) is 4.98 Å². The van der Waals surface area contributed by atoms with E-state index in [0.29, 0.717) is 6.61 Å². The van der Waals surface area contributed by atoms with Gasteiger partial charge in [0.2, 0.25) is 0 Å². The first-order valence-electron chi connectivity index (χ1n) is 5.52. The Morgan fingerprint density at radius 1 is 1.41 bits per heavy atom. The normalized spacial score (nSPS) is 10.5. The van der Waals surface area contributed by atoms with Crippen LogP contribution in [0.25, 0.3) is 0 Å². The maximum atomic E-state index is 5.68. The minimum absolute atomic E-state index is 0.670. The first-order valence-corrected chi connectivity index (χ1v) is 6.97. The second-order valence-corrected chi connectivity index (χ2v) is 5.31. The molecule has 0 saturated heterocycles. The molecule has 2 nitrogen and oxygen atoms in total. The molecule has 0 radical (unpaired) electrons. The van der Waals surface area contributed by atoms with Crippen molar-refractivity contribution in [3.63, 3.8) is 0 Å². The Kier molecular flexibility index (Phi) is 4.45. The summed E-state index contributed by atoms with van der Waals surface area (Å²) in [5.74, 6) is 1.69. The molecule has 0 fully saturated rings. The lowest BCUT2D eigenvalue weighted by atomic mass is 10.2. The number of thiol groups is 1. The molecule has 2 rings (SSSR count). The van der Waals surface area contributed by atoms with E-state index in [1.807, 2.05) is 24.4 Å². The molecule has 0 bridgehead atoms. The molecule has 1 aromatic heterocycles. The highest BCUT2D eigenvalue weighted by Gasteiger charge is 2.01. The van der Waals surface area contributed by atoms with Gasteiger partial charge in [-0.15, -0.1) is 11.3 Å². The van der Waals surface area contributed by atoms with Gasteiger partial charge < -0.3 is 4.74 Å². The number of hydrogen-bond acceptors (Lipinski definition) is 4. The largest absolute Gasteiger partial charge is 0.493 e. The maximum absolute atomic E-state index is 5.68. The number of benzene rings is 1. The third-order valence-corrected chi connectivity index (χ3v) is 3.94. The van der Waals surface area contributed by atoms with Crippen LogP contribution in [0.3, 0.4) is 0 Å². The first kappa shape index (κ1) is 12.5. The molecule has 4 heteroatoms. The molecule has 0 spiro atoms. The second kappa shape index (κ2) is 6.07. The number of nitrogens with zero attached hydrogens (tertiary/aromatic N) is 1. The average Bonchev–Trinajstić information content (AvgIpc) is 2.77. The van der Waals surface area contributed by atoms with Crippen LogP contribution in [-0.2, 0) is 12.2 Å². The van der Waals surface area contributed by atoms with Crippen molar-refractivity contribution in [1.82, 2.24) is 4.98 Å². The van der Waals surface area contributed by atoms with E-state index in [4.69, 9.17) is 4.74 Å².